The Morgan fingerprint density at radius 1 is 1.90 bits per heavy atom. The van der Waals surface area contributed by atoms with E-state index in [0.717, 1.165) is 0 Å². The van der Waals surface area contributed by atoms with Crippen molar-refractivity contribution < 1.29 is 9.90 Å². The Morgan fingerprint density at radius 3 is 2.90 bits per heavy atom. The Kier molecular flexibility index (Phi) is 1.71. The lowest BCUT2D eigenvalue weighted by atomic mass is 10.5. The minimum Gasteiger partial charge on any atom is -0.476 e. The molecule has 54 valence electrons. The first-order valence-corrected chi connectivity index (χ1v) is 3.00. The topological polar surface area (TPSA) is 55.1 Å². The molecule has 1 aromatic rings. The van der Waals surface area contributed by atoms with E-state index in [9.17, 15) is 4.79 Å². The maximum absolute atomic E-state index is 10.3. The molecule has 0 aromatic carbocycles. The van der Waals surface area contributed by atoms with Crippen molar-refractivity contribution in [2.75, 3.05) is 0 Å². The number of hydrogen-bond donors (Lipinski definition) is 1. The third-order valence-electron chi connectivity index (χ3n) is 1.18. The monoisotopic (exact) mass is 140 g/mol. The van der Waals surface area contributed by atoms with Gasteiger partial charge in [0.1, 0.15) is 0 Å². The quantitative estimate of drug-likeness (QED) is 0.654. The van der Waals surface area contributed by atoms with Crippen molar-refractivity contribution in [3.05, 3.63) is 18.0 Å². The number of hydrogen-bond acceptors (Lipinski definition) is 2. The molecule has 0 saturated heterocycles. The molecule has 1 N–H and O–H groups in total. The Hall–Kier alpha value is -1.32. The normalized spacial score (nSPS) is 9.70. The lowest BCUT2D eigenvalue weighted by Gasteiger charge is -1.89. The second-order valence-corrected chi connectivity index (χ2v) is 1.86. The summed E-state index contributed by atoms with van der Waals surface area (Å²) in [6.07, 6.45) is 1.64. The van der Waals surface area contributed by atoms with Crippen molar-refractivity contribution in [1.29, 1.82) is 0 Å². The molecule has 0 amide bonds. The number of carbonyl (C=O) groups is 1. The molecule has 0 radical (unpaired) electrons. The summed E-state index contributed by atoms with van der Waals surface area (Å²) in [5.41, 5.74) is 0.0989. The van der Waals surface area contributed by atoms with Crippen molar-refractivity contribution in [3.63, 3.8) is 0 Å². The molecule has 0 aliphatic heterocycles. The van der Waals surface area contributed by atoms with Gasteiger partial charge in [0.05, 0.1) is 0 Å². The van der Waals surface area contributed by atoms with E-state index in [4.69, 9.17) is 5.11 Å². The van der Waals surface area contributed by atoms with E-state index in [0.29, 0.717) is 6.54 Å². The number of nitrogens with zero attached hydrogens (tertiary/aromatic N) is 2. The summed E-state index contributed by atoms with van der Waals surface area (Å²) < 4.78 is 1.57. The molecule has 1 rings (SSSR count). The zero-order valence-corrected chi connectivity index (χ0v) is 5.61. The minimum atomic E-state index is -0.979. The molecular formula is C6H8N2O2. The fourth-order valence-corrected chi connectivity index (χ4v) is 0.652. The van der Waals surface area contributed by atoms with E-state index in [1.807, 2.05) is 6.92 Å². The van der Waals surface area contributed by atoms with Gasteiger partial charge in [0.25, 0.3) is 0 Å². The van der Waals surface area contributed by atoms with Crippen LogP contribution in [0.1, 0.15) is 17.4 Å². The maximum atomic E-state index is 10.3. The summed E-state index contributed by atoms with van der Waals surface area (Å²) in [5, 5.41) is 12.2. The molecular weight excluding hydrogens is 132 g/mol. The predicted molar refractivity (Wildman–Crippen MR) is 34.9 cm³/mol. The number of aromatic carboxylic acids is 1. The molecule has 1 heterocycles. The van der Waals surface area contributed by atoms with Crippen LogP contribution in [0.5, 0.6) is 0 Å². The summed E-state index contributed by atoms with van der Waals surface area (Å²) in [6, 6.07) is 1.48. The van der Waals surface area contributed by atoms with Crippen LogP contribution >= 0.6 is 0 Å². The second kappa shape index (κ2) is 2.51. The summed E-state index contributed by atoms with van der Waals surface area (Å²) in [7, 11) is 0. The van der Waals surface area contributed by atoms with Crippen molar-refractivity contribution >= 4 is 5.97 Å². The Labute approximate surface area is 58.1 Å². The zero-order chi connectivity index (χ0) is 7.56. The average molecular weight is 140 g/mol. The first-order valence-electron chi connectivity index (χ1n) is 3.00. The van der Waals surface area contributed by atoms with Gasteiger partial charge >= 0.3 is 5.97 Å². The summed E-state index contributed by atoms with van der Waals surface area (Å²) in [5.74, 6) is -0.979. The Balaban J connectivity index is 2.88. The SMILES string of the molecule is CCn1ccc(C(=O)O)n1. The van der Waals surface area contributed by atoms with Gasteiger partial charge in [-0.2, -0.15) is 5.10 Å². The lowest BCUT2D eigenvalue weighted by Crippen LogP contribution is -2.00. The van der Waals surface area contributed by atoms with Gasteiger partial charge in [-0.25, -0.2) is 4.79 Å². The van der Waals surface area contributed by atoms with Crippen LogP contribution in [0.2, 0.25) is 0 Å². The van der Waals surface area contributed by atoms with Crippen LogP contribution in [0.25, 0.3) is 0 Å². The molecule has 0 atom stereocenters. The summed E-state index contributed by atoms with van der Waals surface area (Å²) in [4.78, 5) is 10.3. The Morgan fingerprint density at radius 2 is 2.60 bits per heavy atom. The summed E-state index contributed by atoms with van der Waals surface area (Å²) in [6.45, 7) is 2.60. The largest absolute Gasteiger partial charge is 0.476 e. The van der Waals surface area contributed by atoms with Crippen LogP contribution in [0.3, 0.4) is 0 Å². The van der Waals surface area contributed by atoms with Gasteiger partial charge in [0.15, 0.2) is 5.69 Å². The first-order chi connectivity index (χ1) is 4.74. The molecule has 0 bridgehead atoms. The fraction of sp³-hybridized carbons (Fsp3) is 0.333. The van der Waals surface area contributed by atoms with E-state index >= 15 is 0 Å². The van der Waals surface area contributed by atoms with E-state index in [-0.39, 0.29) is 5.69 Å². The fourth-order valence-electron chi connectivity index (χ4n) is 0.652. The predicted octanol–water partition coefficient (Wildman–Crippen LogP) is 0.601. The van der Waals surface area contributed by atoms with E-state index in [2.05, 4.69) is 5.10 Å². The van der Waals surface area contributed by atoms with E-state index < -0.39 is 5.97 Å². The van der Waals surface area contributed by atoms with Crippen molar-refractivity contribution in [1.82, 2.24) is 9.78 Å². The molecule has 4 nitrogen and oxygen atoms in total. The molecule has 4 heteroatoms. The molecule has 1 aromatic heterocycles. The highest BCUT2D eigenvalue weighted by Crippen LogP contribution is 1.93. The number of aromatic nitrogens is 2. The standard InChI is InChI=1S/C6H8N2O2/c1-2-8-4-3-5(7-8)6(9)10/h3-4H,2H2,1H3,(H,9,10). The third kappa shape index (κ3) is 1.15. The molecule has 0 unspecified atom stereocenters. The molecule has 0 aliphatic rings. The van der Waals surface area contributed by atoms with Crippen molar-refractivity contribution in [2.24, 2.45) is 0 Å². The summed E-state index contributed by atoms with van der Waals surface area (Å²) >= 11 is 0. The van der Waals surface area contributed by atoms with Crippen LogP contribution in [-0.2, 0) is 6.54 Å². The van der Waals surface area contributed by atoms with Gasteiger partial charge < -0.3 is 5.11 Å². The number of carboxylic acids is 1. The molecule has 0 spiro atoms. The highest BCUT2D eigenvalue weighted by molar-refractivity contribution is 5.84. The minimum absolute atomic E-state index is 0.0989. The van der Waals surface area contributed by atoms with Crippen LogP contribution in [-0.4, -0.2) is 20.9 Å². The van der Waals surface area contributed by atoms with Crippen LogP contribution in [0.15, 0.2) is 12.3 Å². The average Bonchev–Trinajstić information content (AvgIpc) is 2.34. The molecule has 0 fully saturated rings. The number of carboxylic acid groups (broad SMARTS) is 1. The van der Waals surface area contributed by atoms with Crippen LogP contribution in [0, 0.1) is 0 Å². The van der Waals surface area contributed by atoms with E-state index in [1.165, 1.54) is 6.07 Å². The highest BCUT2D eigenvalue weighted by atomic mass is 16.4. The number of aryl methyl sites for hydroxylation is 1. The van der Waals surface area contributed by atoms with Gasteiger partial charge in [-0.1, -0.05) is 0 Å². The van der Waals surface area contributed by atoms with Crippen LogP contribution in [0.4, 0.5) is 0 Å². The first kappa shape index (κ1) is 6.80. The molecule has 10 heavy (non-hydrogen) atoms. The van der Waals surface area contributed by atoms with Crippen molar-refractivity contribution in [2.45, 2.75) is 13.5 Å². The lowest BCUT2D eigenvalue weighted by molar-refractivity contribution is 0.0689. The second-order valence-electron chi connectivity index (χ2n) is 1.86. The maximum Gasteiger partial charge on any atom is 0.356 e. The third-order valence-corrected chi connectivity index (χ3v) is 1.18. The Bertz CT molecular complexity index is 242. The van der Waals surface area contributed by atoms with Gasteiger partial charge in [-0.3, -0.25) is 4.68 Å². The highest BCUT2D eigenvalue weighted by Gasteiger charge is 2.04. The van der Waals surface area contributed by atoms with Crippen LogP contribution < -0.4 is 0 Å². The molecule has 0 aliphatic carbocycles. The van der Waals surface area contributed by atoms with Gasteiger partial charge in [0.2, 0.25) is 0 Å². The van der Waals surface area contributed by atoms with E-state index in [1.54, 1.807) is 10.9 Å². The van der Waals surface area contributed by atoms with Crippen molar-refractivity contribution in [3.8, 4) is 0 Å². The smallest absolute Gasteiger partial charge is 0.356 e. The van der Waals surface area contributed by atoms with Gasteiger partial charge in [-0.05, 0) is 13.0 Å². The van der Waals surface area contributed by atoms with Gasteiger partial charge in [0, 0.05) is 12.7 Å². The molecule has 0 saturated carbocycles. The number of rotatable bonds is 2. The van der Waals surface area contributed by atoms with Gasteiger partial charge in [-0.15, -0.1) is 0 Å². The zero-order valence-electron chi connectivity index (χ0n) is 5.61.